The molecule has 0 spiro atoms. The lowest BCUT2D eigenvalue weighted by Gasteiger charge is -2.10. The number of hydrogen-bond donors (Lipinski definition) is 2. The number of pyridine rings is 1. The average Bonchev–Trinajstić information content (AvgIpc) is 2.19. The van der Waals surface area contributed by atoms with Crippen LogP contribution < -0.4 is 10.1 Å². The second kappa shape index (κ2) is 5.92. The summed E-state index contributed by atoms with van der Waals surface area (Å²) in [4.78, 5) is 16.3. The van der Waals surface area contributed by atoms with Gasteiger partial charge in [0.25, 0.3) is 0 Å². The fourth-order valence-electron chi connectivity index (χ4n) is 0.996. The van der Waals surface area contributed by atoms with E-state index in [4.69, 9.17) is 9.84 Å². The number of hydrogen-bond acceptors (Lipinski definition) is 4. The fraction of sp³-hybridized carbons (Fsp3) is 0.400. The molecule has 0 aromatic carbocycles. The van der Waals surface area contributed by atoms with Crippen LogP contribution in [-0.4, -0.2) is 48.3 Å². The normalized spacial score (nSPS) is 10.2. The Hall–Kier alpha value is -1.82. The molecular weight excluding hydrogens is 210 g/mol. The lowest BCUT2D eigenvalue weighted by molar-refractivity contribution is 0.209. The van der Waals surface area contributed by atoms with Crippen LogP contribution in [0.3, 0.4) is 0 Å². The maximum atomic E-state index is 10.3. The first-order valence-corrected chi connectivity index (χ1v) is 4.81. The van der Waals surface area contributed by atoms with Gasteiger partial charge in [-0.25, -0.2) is 9.78 Å². The molecule has 0 bridgehead atoms. The fourth-order valence-corrected chi connectivity index (χ4v) is 0.996. The van der Waals surface area contributed by atoms with Crippen LogP contribution in [0.1, 0.15) is 0 Å². The lowest BCUT2D eigenvalue weighted by Crippen LogP contribution is -2.19. The zero-order valence-electron chi connectivity index (χ0n) is 9.30. The number of nitrogens with zero attached hydrogens (tertiary/aromatic N) is 2. The number of rotatable bonds is 5. The zero-order chi connectivity index (χ0) is 12.0. The number of anilines is 1. The second-order valence-electron chi connectivity index (χ2n) is 3.47. The molecule has 1 aromatic rings. The quantitative estimate of drug-likeness (QED) is 0.785. The van der Waals surface area contributed by atoms with Crippen molar-refractivity contribution in [3.63, 3.8) is 0 Å². The van der Waals surface area contributed by atoms with E-state index in [1.807, 2.05) is 19.0 Å². The molecule has 0 atom stereocenters. The van der Waals surface area contributed by atoms with Crippen LogP contribution in [0.25, 0.3) is 0 Å². The number of amides is 1. The van der Waals surface area contributed by atoms with Gasteiger partial charge in [0.1, 0.15) is 6.61 Å². The minimum atomic E-state index is -1.11. The molecule has 1 aromatic heterocycles. The summed E-state index contributed by atoms with van der Waals surface area (Å²) in [5.41, 5.74) is 0.424. The first-order chi connectivity index (χ1) is 7.58. The number of carbonyl (C=O) groups is 1. The van der Waals surface area contributed by atoms with Crippen molar-refractivity contribution in [2.45, 2.75) is 0 Å². The first-order valence-electron chi connectivity index (χ1n) is 4.81. The van der Waals surface area contributed by atoms with Gasteiger partial charge in [0, 0.05) is 12.6 Å². The molecule has 0 saturated carbocycles. The Bertz CT molecular complexity index is 338. The maximum absolute atomic E-state index is 10.3. The average molecular weight is 225 g/mol. The van der Waals surface area contributed by atoms with E-state index < -0.39 is 6.09 Å². The van der Waals surface area contributed by atoms with Gasteiger partial charge in [-0.15, -0.1) is 0 Å². The zero-order valence-corrected chi connectivity index (χ0v) is 9.30. The number of aromatic nitrogens is 1. The maximum Gasteiger partial charge on any atom is 0.409 e. The van der Waals surface area contributed by atoms with Crippen molar-refractivity contribution < 1.29 is 14.6 Å². The largest absolute Gasteiger partial charge is 0.476 e. The van der Waals surface area contributed by atoms with E-state index in [1.54, 1.807) is 12.1 Å². The molecule has 16 heavy (non-hydrogen) atoms. The highest BCUT2D eigenvalue weighted by atomic mass is 16.5. The van der Waals surface area contributed by atoms with Crippen LogP contribution in [0.2, 0.25) is 0 Å². The Kier molecular flexibility index (Phi) is 4.53. The predicted octanol–water partition coefficient (Wildman–Crippen LogP) is 1.11. The number of likely N-dealkylation sites (N-methyl/N-ethyl adjacent to an activating group) is 1. The van der Waals surface area contributed by atoms with Crippen LogP contribution in [-0.2, 0) is 0 Å². The molecule has 1 rings (SSSR count). The van der Waals surface area contributed by atoms with Gasteiger partial charge in [0.05, 0.1) is 11.9 Å². The molecule has 6 nitrogen and oxygen atoms in total. The number of nitrogens with one attached hydrogen (secondary N) is 1. The Balaban J connectivity index is 2.42. The van der Waals surface area contributed by atoms with E-state index >= 15 is 0 Å². The Morgan fingerprint density at radius 1 is 1.56 bits per heavy atom. The molecule has 88 valence electrons. The van der Waals surface area contributed by atoms with Gasteiger partial charge in [-0.2, -0.15) is 0 Å². The highest BCUT2D eigenvalue weighted by Gasteiger charge is 2.00. The van der Waals surface area contributed by atoms with Gasteiger partial charge in [0.2, 0.25) is 5.88 Å². The highest BCUT2D eigenvalue weighted by molar-refractivity contribution is 5.82. The van der Waals surface area contributed by atoms with Crippen molar-refractivity contribution in [2.75, 3.05) is 32.6 Å². The Morgan fingerprint density at radius 2 is 2.31 bits per heavy atom. The van der Waals surface area contributed by atoms with Gasteiger partial charge >= 0.3 is 6.09 Å². The number of ether oxygens (including phenoxy) is 1. The molecule has 0 aliphatic heterocycles. The van der Waals surface area contributed by atoms with Crippen molar-refractivity contribution in [3.8, 4) is 5.88 Å². The first kappa shape index (κ1) is 12.3. The third-order valence-electron chi connectivity index (χ3n) is 1.78. The van der Waals surface area contributed by atoms with E-state index in [9.17, 15) is 4.79 Å². The van der Waals surface area contributed by atoms with Crippen LogP contribution in [0.5, 0.6) is 5.88 Å². The third-order valence-corrected chi connectivity index (χ3v) is 1.78. The summed E-state index contributed by atoms with van der Waals surface area (Å²) >= 11 is 0. The SMILES string of the molecule is CN(C)CCOc1ccc(NC(=O)O)cn1. The molecule has 1 amide bonds. The third kappa shape index (κ3) is 4.61. The summed E-state index contributed by atoms with van der Waals surface area (Å²) in [6.45, 7) is 1.35. The van der Waals surface area contributed by atoms with Crippen LogP contribution >= 0.6 is 0 Å². The van der Waals surface area contributed by atoms with E-state index in [0.29, 0.717) is 18.2 Å². The van der Waals surface area contributed by atoms with Crippen LogP contribution in [0, 0.1) is 0 Å². The van der Waals surface area contributed by atoms with Gasteiger partial charge in [-0.1, -0.05) is 0 Å². The van der Waals surface area contributed by atoms with Crippen molar-refractivity contribution >= 4 is 11.8 Å². The molecule has 0 fully saturated rings. The topological polar surface area (TPSA) is 74.7 Å². The van der Waals surface area contributed by atoms with Crippen molar-refractivity contribution in [1.29, 1.82) is 0 Å². The molecule has 6 heteroatoms. The molecule has 0 aliphatic rings. The highest BCUT2D eigenvalue weighted by Crippen LogP contribution is 2.11. The van der Waals surface area contributed by atoms with Crippen molar-refractivity contribution in [2.24, 2.45) is 0 Å². The minimum Gasteiger partial charge on any atom is -0.476 e. The molecule has 1 heterocycles. The summed E-state index contributed by atoms with van der Waals surface area (Å²) < 4.78 is 5.35. The van der Waals surface area contributed by atoms with Gasteiger partial charge in [-0.05, 0) is 20.2 Å². The van der Waals surface area contributed by atoms with E-state index in [-0.39, 0.29) is 0 Å². The summed E-state index contributed by atoms with van der Waals surface area (Å²) in [6, 6.07) is 3.23. The summed E-state index contributed by atoms with van der Waals surface area (Å²) in [7, 11) is 3.91. The smallest absolute Gasteiger partial charge is 0.409 e. The lowest BCUT2D eigenvalue weighted by atomic mass is 10.4. The monoisotopic (exact) mass is 225 g/mol. The predicted molar refractivity (Wildman–Crippen MR) is 59.9 cm³/mol. The van der Waals surface area contributed by atoms with E-state index in [2.05, 4.69) is 10.3 Å². The molecule has 0 unspecified atom stereocenters. The van der Waals surface area contributed by atoms with Gasteiger partial charge < -0.3 is 14.7 Å². The molecular formula is C10H15N3O3. The molecule has 2 N–H and O–H groups in total. The number of carboxylic acid groups (broad SMARTS) is 1. The van der Waals surface area contributed by atoms with Crippen molar-refractivity contribution in [3.05, 3.63) is 18.3 Å². The Labute approximate surface area is 93.9 Å². The standard InChI is InChI=1S/C10H15N3O3/c1-13(2)5-6-16-9-4-3-8(7-11-9)12-10(14)15/h3-4,7,12H,5-6H2,1-2H3,(H,14,15). The van der Waals surface area contributed by atoms with Gasteiger partial charge in [0.15, 0.2) is 0 Å². The second-order valence-corrected chi connectivity index (χ2v) is 3.47. The van der Waals surface area contributed by atoms with Crippen molar-refractivity contribution in [1.82, 2.24) is 9.88 Å². The van der Waals surface area contributed by atoms with Crippen LogP contribution in [0.4, 0.5) is 10.5 Å². The molecule has 0 aliphatic carbocycles. The minimum absolute atomic E-state index is 0.424. The molecule has 0 radical (unpaired) electrons. The Morgan fingerprint density at radius 3 is 2.81 bits per heavy atom. The summed E-state index contributed by atoms with van der Waals surface area (Å²) in [6.07, 6.45) is 0.308. The van der Waals surface area contributed by atoms with E-state index in [1.165, 1.54) is 6.20 Å². The van der Waals surface area contributed by atoms with Crippen LogP contribution in [0.15, 0.2) is 18.3 Å². The molecule has 0 saturated heterocycles. The summed E-state index contributed by atoms with van der Waals surface area (Å²) in [5, 5.41) is 10.7. The summed E-state index contributed by atoms with van der Waals surface area (Å²) in [5.74, 6) is 0.484. The van der Waals surface area contributed by atoms with Gasteiger partial charge in [-0.3, -0.25) is 5.32 Å². The van der Waals surface area contributed by atoms with E-state index in [0.717, 1.165) is 6.54 Å².